The standard InChI is InChI=1S/C8H18.C2H4O2.C2H6/c1-4-5-6-7-8(2)3;1-2(3)4;1-2/h8H,4-7H2,1-3H3;1H3,(H,3,4);1-2H3. The number of carbonyl (C=O) groups is 1. The highest BCUT2D eigenvalue weighted by molar-refractivity contribution is 5.62. The van der Waals surface area contributed by atoms with Crippen molar-refractivity contribution in [3.8, 4) is 0 Å². The summed E-state index contributed by atoms with van der Waals surface area (Å²) < 4.78 is 0. The maximum atomic E-state index is 9.00. The molecule has 0 amide bonds. The number of rotatable bonds is 4. The van der Waals surface area contributed by atoms with Crippen LogP contribution in [0.4, 0.5) is 0 Å². The zero-order valence-corrected chi connectivity index (χ0v) is 10.8. The number of aliphatic carboxylic acids is 1. The van der Waals surface area contributed by atoms with Crippen LogP contribution >= 0.6 is 0 Å². The predicted molar refractivity (Wildman–Crippen MR) is 63.6 cm³/mol. The molecule has 0 fully saturated rings. The van der Waals surface area contributed by atoms with Crippen molar-refractivity contribution in [3.63, 3.8) is 0 Å². The van der Waals surface area contributed by atoms with E-state index in [4.69, 9.17) is 9.90 Å². The molecule has 0 spiro atoms. The van der Waals surface area contributed by atoms with Gasteiger partial charge in [0.05, 0.1) is 0 Å². The van der Waals surface area contributed by atoms with E-state index in [0.717, 1.165) is 12.8 Å². The number of carboxylic acids is 1. The predicted octanol–water partition coefficient (Wildman–Crippen LogP) is 4.34. The molecule has 0 radical (unpaired) electrons. The second-order valence-corrected chi connectivity index (χ2v) is 3.41. The quantitative estimate of drug-likeness (QED) is 0.692. The van der Waals surface area contributed by atoms with Gasteiger partial charge in [-0.15, -0.1) is 0 Å². The van der Waals surface area contributed by atoms with Gasteiger partial charge in [-0.1, -0.05) is 60.3 Å². The lowest BCUT2D eigenvalue weighted by molar-refractivity contribution is -0.134. The number of carboxylic acid groups (broad SMARTS) is 1. The van der Waals surface area contributed by atoms with Gasteiger partial charge in [-0.2, -0.15) is 0 Å². The molecule has 0 atom stereocenters. The van der Waals surface area contributed by atoms with Gasteiger partial charge in [0.25, 0.3) is 5.97 Å². The fourth-order valence-corrected chi connectivity index (χ4v) is 0.803. The third kappa shape index (κ3) is 62.9. The first kappa shape index (κ1) is 19.1. The molecule has 0 aromatic rings. The summed E-state index contributed by atoms with van der Waals surface area (Å²) in [6, 6.07) is 0. The summed E-state index contributed by atoms with van der Waals surface area (Å²) in [6.45, 7) is 11.9. The van der Waals surface area contributed by atoms with Crippen LogP contribution in [0.2, 0.25) is 0 Å². The summed E-state index contributed by atoms with van der Waals surface area (Å²) in [5.74, 6) is 0.0709. The molecule has 0 aromatic carbocycles. The Morgan fingerprint density at radius 3 is 1.79 bits per heavy atom. The van der Waals surface area contributed by atoms with E-state index in [1.807, 2.05) is 13.8 Å². The molecule has 0 saturated heterocycles. The topological polar surface area (TPSA) is 37.3 Å². The van der Waals surface area contributed by atoms with Crippen LogP contribution in [0.3, 0.4) is 0 Å². The Balaban J connectivity index is -0.000000170. The van der Waals surface area contributed by atoms with Crippen LogP contribution in [0.5, 0.6) is 0 Å². The zero-order chi connectivity index (χ0) is 12.0. The van der Waals surface area contributed by atoms with Crippen LogP contribution in [-0.4, -0.2) is 11.1 Å². The van der Waals surface area contributed by atoms with E-state index in [1.165, 1.54) is 25.7 Å². The van der Waals surface area contributed by atoms with Crippen molar-refractivity contribution in [1.29, 1.82) is 0 Å². The molecule has 0 unspecified atom stereocenters. The average molecular weight is 204 g/mol. The number of unbranched alkanes of at least 4 members (excludes halogenated alkanes) is 2. The Kier molecular flexibility index (Phi) is 25.0. The SMILES string of the molecule is CC.CC(=O)O.CCCCCC(C)C. The maximum Gasteiger partial charge on any atom is 0.300 e. The van der Waals surface area contributed by atoms with Crippen LogP contribution in [0.1, 0.15) is 67.2 Å². The lowest BCUT2D eigenvalue weighted by atomic mass is 10.1. The van der Waals surface area contributed by atoms with Gasteiger partial charge < -0.3 is 5.11 Å². The highest BCUT2D eigenvalue weighted by Crippen LogP contribution is 2.06. The van der Waals surface area contributed by atoms with E-state index in [0.29, 0.717) is 0 Å². The molecule has 88 valence electrons. The summed E-state index contributed by atoms with van der Waals surface area (Å²) in [5, 5.41) is 7.42. The number of hydrogen-bond acceptors (Lipinski definition) is 1. The Morgan fingerprint density at radius 2 is 1.57 bits per heavy atom. The van der Waals surface area contributed by atoms with Gasteiger partial charge in [-0.3, -0.25) is 4.79 Å². The van der Waals surface area contributed by atoms with Gasteiger partial charge in [0.1, 0.15) is 0 Å². The summed E-state index contributed by atoms with van der Waals surface area (Å²) in [7, 11) is 0. The smallest absolute Gasteiger partial charge is 0.300 e. The molecule has 0 rings (SSSR count). The third-order valence-electron chi connectivity index (χ3n) is 1.39. The van der Waals surface area contributed by atoms with Crippen LogP contribution in [-0.2, 0) is 4.79 Å². The van der Waals surface area contributed by atoms with Gasteiger partial charge in [-0.25, -0.2) is 0 Å². The third-order valence-corrected chi connectivity index (χ3v) is 1.39. The fourth-order valence-electron chi connectivity index (χ4n) is 0.803. The minimum atomic E-state index is -0.833. The highest BCUT2D eigenvalue weighted by atomic mass is 16.4. The van der Waals surface area contributed by atoms with Crippen LogP contribution < -0.4 is 0 Å². The molecule has 2 heteroatoms. The minimum Gasteiger partial charge on any atom is -0.481 e. The summed E-state index contributed by atoms with van der Waals surface area (Å²) in [4.78, 5) is 9.00. The molecular formula is C12H28O2. The van der Waals surface area contributed by atoms with Crippen molar-refractivity contribution in [2.75, 3.05) is 0 Å². The van der Waals surface area contributed by atoms with Gasteiger partial charge in [0, 0.05) is 6.92 Å². The zero-order valence-electron chi connectivity index (χ0n) is 10.8. The Bertz CT molecular complexity index is 94.5. The first-order valence-corrected chi connectivity index (χ1v) is 5.70. The van der Waals surface area contributed by atoms with Crippen molar-refractivity contribution < 1.29 is 9.90 Å². The van der Waals surface area contributed by atoms with E-state index in [-0.39, 0.29) is 0 Å². The van der Waals surface area contributed by atoms with Crippen molar-refractivity contribution in [3.05, 3.63) is 0 Å². The van der Waals surface area contributed by atoms with Crippen LogP contribution in [0, 0.1) is 5.92 Å². The molecule has 0 saturated carbocycles. The lowest BCUT2D eigenvalue weighted by Gasteiger charge is -2.00. The van der Waals surface area contributed by atoms with Gasteiger partial charge in [0.2, 0.25) is 0 Å². The second-order valence-electron chi connectivity index (χ2n) is 3.41. The monoisotopic (exact) mass is 204 g/mol. The summed E-state index contributed by atoms with van der Waals surface area (Å²) in [5.41, 5.74) is 0. The van der Waals surface area contributed by atoms with Crippen LogP contribution in [0.15, 0.2) is 0 Å². The highest BCUT2D eigenvalue weighted by Gasteiger charge is 1.90. The van der Waals surface area contributed by atoms with Gasteiger partial charge in [-0.05, 0) is 5.92 Å². The molecule has 2 nitrogen and oxygen atoms in total. The molecule has 14 heavy (non-hydrogen) atoms. The van der Waals surface area contributed by atoms with E-state index in [9.17, 15) is 0 Å². The van der Waals surface area contributed by atoms with Crippen molar-refractivity contribution in [1.82, 2.24) is 0 Å². The van der Waals surface area contributed by atoms with Crippen molar-refractivity contribution in [2.45, 2.75) is 67.2 Å². The molecule has 0 bridgehead atoms. The van der Waals surface area contributed by atoms with Crippen molar-refractivity contribution in [2.24, 2.45) is 5.92 Å². The summed E-state index contributed by atoms with van der Waals surface area (Å²) >= 11 is 0. The van der Waals surface area contributed by atoms with E-state index in [1.54, 1.807) is 0 Å². The van der Waals surface area contributed by atoms with E-state index < -0.39 is 5.97 Å². The second kappa shape index (κ2) is 18.3. The van der Waals surface area contributed by atoms with Gasteiger partial charge >= 0.3 is 0 Å². The Labute approximate surface area is 89.7 Å². The summed E-state index contributed by atoms with van der Waals surface area (Å²) in [6.07, 6.45) is 5.60. The molecular weight excluding hydrogens is 176 g/mol. The number of hydrogen-bond donors (Lipinski definition) is 1. The van der Waals surface area contributed by atoms with Crippen molar-refractivity contribution >= 4 is 5.97 Å². The minimum absolute atomic E-state index is 0.833. The molecule has 0 aromatic heterocycles. The largest absolute Gasteiger partial charge is 0.481 e. The molecule has 0 aliphatic carbocycles. The molecule has 0 aliphatic heterocycles. The lowest BCUT2D eigenvalue weighted by Crippen LogP contribution is -1.85. The first-order chi connectivity index (χ1) is 6.50. The van der Waals surface area contributed by atoms with Crippen LogP contribution in [0.25, 0.3) is 0 Å². The van der Waals surface area contributed by atoms with Gasteiger partial charge in [0.15, 0.2) is 0 Å². The first-order valence-electron chi connectivity index (χ1n) is 5.70. The molecule has 0 aliphatic rings. The van der Waals surface area contributed by atoms with E-state index in [2.05, 4.69) is 20.8 Å². The Hall–Kier alpha value is -0.530. The average Bonchev–Trinajstić information content (AvgIpc) is 2.07. The maximum absolute atomic E-state index is 9.00. The normalized spacial score (nSPS) is 8.21. The Morgan fingerprint density at radius 1 is 1.21 bits per heavy atom. The fraction of sp³-hybridized carbons (Fsp3) is 0.917. The molecule has 0 heterocycles. The molecule has 1 N–H and O–H groups in total. The van der Waals surface area contributed by atoms with E-state index >= 15 is 0 Å².